The Morgan fingerprint density at radius 3 is 2.68 bits per heavy atom. The zero-order valence-corrected chi connectivity index (χ0v) is 15.7. The molecule has 1 aromatic carbocycles. The van der Waals surface area contributed by atoms with Gasteiger partial charge in [0.2, 0.25) is 0 Å². The van der Waals surface area contributed by atoms with E-state index in [-0.39, 0.29) is 12.1 Å². The minimum absolute atomic E-state index is 0.196. The summed E-state index contributed by atoms with van der Waals surface area (Å²) in [5.41, 5.74) is 0.196. The monoisotopic (exact) mass is 414 g/mol. The number of carbonyl (C=O) groups is 3. The van der Waals surface area contributed by atoms with Crippen LogP contribution < -0.4 is 14.8 Å². The Bertz CT molecular complexity index is 693. The van der Waals surface area contributed by atoms with Gasteiger partial charge in [0.25, 0.3) is 5.91 Å². The lowest BCUT2D eigenvalue weighted by Gasteiger charge is -2.18. The SMILES string of the molecule is CCOc1cc(C(=O)O[C@@H](C)C(=O)N2CCNC2=O)cc(Br)c1OC. The summed E-state index contributed by atoms with van der Waals surface area (Å²) in [6.45, 7) is 4.25. The van der Waals surface area contributed by atoms with Gasteiger partial charge >= 0.3 is 12.0 Å². The zero-order chi connectivity index (χ0) is 18.6. The minimum Gasteiger partial charge on any atom is -0.492 e. The maximum Gasteiger partial charge on any atom is 0.339 e. The van der Waals surface area contributed by atoms with Gasteiger partial charge in [0.1, 0.15) is 0 Å². The summed E-state index contributed by atoms with van der Waals surface area (Å²) in [5, 5.41) is 2.52. The molecule has 0 aliphatic carbocycles. The molecule has 1 heterocycles. The van der Waals surface area contributed by atoms with Crippen molar-refractivity contribution in [1.29, 1.82) is 0 Å². The van der Waals surface area contributed by atoms with E-state index >= 15 is 0 Å². The first kappa shape index (κ1) is 19.0. The predicted octanol–water partition coefficient (Wildman–Crippen LogP) is 1.95. The van der Waals surface area contributed by atoms with Gasteiger partial charge in [-0.15, -0.1) is 0 Å². The third kappa shape index (κ3) is 4.22. The molecule has 0 aromatic heterocycles. The van der Waals surface area contributed by atoms with Crippen LogP contribution in [0.2, 0.25) is 0 Å². The summed E-state index contributed by atoms with van der Waals surface area (Å²) in [7, 11) is 1.49. The average molecular weight is 415 g/mol. The van der Waals surface area contributed by atoms with Crippen molar-refractivity contribution in [3.05, 3.63) is 22.2 Å². The van der Waals surface area contributed by atoms with Gasteiger partial charge in [-0.3, -0.25) is 9.69 Å². The minimum atomic E-state index is -1.09. The fourth-order valence-corrected chi connectivity index (χ4v) is 2.93. The van der Waals surface area contributed by atoms with Crippen molar-refractivity contribution in [2.24, 2.45) is 0 Å². The molecule has 0 radical (unpaired) electrons. The molecule has 0 unspecified atom stereocenters. The van der Waals surface area contributed by atoms with Gasteiger partial charge in [-0.2, -0.15) is 0 Å². The quantitative estimate of drug-likeness (QED) is 0.714. The molecule has 136 valence electrons. The molecule has 3 amide bonds. The number of carbonyl (C=O) groups excluding carboxylic acids is 3. The Morgan fingerprint density at radius 1 is 1.40 bits per heavy atom. The molecule has 1 fully saturated rings. The number of methoxy groups -OCH3 is 1. The van der Waals surface area contributed by atoms with E-state index in [4.69, 9.17) is 14.2 Å². The molecule has 1 aliphatic rings. The van der Waals surface area contributed by atoms with Crippen molar-refractivity contribution < 1.29 is 28.6 Å². The van der Waals surface area contributed by atoms with Crippen LogP contribution in [-0.2, 0) is 9.53 Å². The van der Waals surface area contributed by atoms with Crippen LogP contribution in [0.15, 0.2) is 16.6 Å². The highest BCUT2D eigenvalue weighted by atomic mass is 79.9. The first-order valence-corrected chi connectivity index (χ1v) is 8.48. The molecular formula is C16H19BrN2O6. The second-order valence-corrected chi connectivity index (χ2v) is 6.05. The van der Waals surface area contributed by atoms with Crippen molar-refractivity contribution in [2.75, 3.05) is 26.8 Å². The van der Waals surface area contributed by atoms with Gasteiger partial charge < -0.3 is 19.5 Å². The second-order valence-electron chi connectivity index (χ2n) is 5.19. The Balaban J connectivity index is 2.14. The Kier molecular flexibility index (Phi) is 6.24. The van der Waals surface area contributed by atoms with E-state index in [2.05, 4.69) is 21.2 Å². The van der Waals surface area contributed by atoms with Crippen LogP contribution in [0.5, 0.6) is 11.5 Å². The molecule has 1 aromatic rings. The summed E-state index contributed by atoms with van der Waals surface area (Å²) in [5.74, 6) is -0.439. The fraction of sp³-hybridized carbons (Fsp3) is 0.438. The molecule has 9 heteroatoms. The number of nitrogens with zero attached hydrogens (tertiary/aromatic N) is 1. The van der Waals surface area contributed by atoms with Crippen molar-refractivity contribution in [1.82, 2.24) is 10.2 Å². The first-order valence-electron chi connectivity index (χ1n) is 7.69. The van der Waals surface area contributed by atoms with E-state index in [1.165, 1.54) is 26.2 Å². The topological polar surface area (TPSA) is 94.2 Å². The van der Waals surface area contributed by atoms with Crippen molar-refractivity contribution in [2.45, 2.75) is 20.0 Å². The maximum atomic E-state index is 12.4. The molecule has 2 rings (SSSR count). The highest BCUT2D eigenvalue weighted by molar-refractivity contribution is 9.10. The van der Waals surface area contributed by atoms with E-state index < -0.39 is 24.0 Å². The van der Waals surface area contributed by atoms with E-state index in [1.54, 1.807) is 6.92 Å². The van der Waals surface area contributed by atoms with Gasteiger partial charge in [0.05, 0.1) is 23.8 Å². The Hall–Kier alpha value is -2.29. The highest BCUT2D eigenvalue weighted by Crippen LogP contribution is 2.36. The fourth-order valence-electron chi connectivity index (χ4n) is 2.33. The van der Waals surface area contributed by atoms with Gasteiger partial charge in [0.15, 0.2) is 17.6 Å². The van der Waals surface area contributed by atoms with Crippen LogP contribution in [0.4, 0.5) is 4.79 Å². The van der Waals surface area contributed by atoms with Gasteiger partial charge in [0, 0.05) is 13.1 Å². The van der Waals surface area contributed by atoms with E-state index in [9.17, 15) is 14.4 Å². The van der Waals surface area contributed by atoms with Gasteiger partial charge in [-0.05, 0) is 41.9 Å². The van der Waals surface area contributed by atoms with Crippen LogP contribution >= 0.6 is 15.9 Å². The van der Waals surface area contributed by atoms with Gasteiger partial charge in [-0.25, -0.2) is 9.59 Å². The molecule has 25 heavy (non-hydrogen) atoms. The number of nitrogens with one attached hydrogen (secondary N) is 1. The molecule has 0 spiro atoms. The summed E-state index contributed by atoms with van der Waals surface area (Å²) in [6, 6.07) is 2.51. The van der Waals surface area contributed by atoms with E-state index in [1.807, 2.05) is 0 Å². The maximum absolute atomic E-state index is 12.4. The average Bonchev–Trinajstić information content (AvgIpc) is 3.00. The predicted molar refractivity (Wildman–Crippen MR) is 91.9 cm³/mol. The third-order valence-electron chi connectivity index (χ3n) is 3.50. The van der Waals surface area contributed by atoms with E-state index in [0.717, 1.165) is 4.90 Å². The number of rotatable bonds is 6. The summed E-state index contributed by atoms with van der Waals surface area (Å²) in [6.07, 6.45) is -1.09. The summed E-state index contributed by atoms with van der Waals surface area (Å²) < 4.78 is 16.4. The Morgan fingerprint density at radius 2 is 2.12 bits per heavy atom. The first-order chi connectivity index (χ1) is 11.9. The van der Waals surface area contributed by atoms with Crippen LogP contribution in [0.1, 0.15) is 24.2 Å². The van der Waals surface area contributed by atoms with Crippen molar-refractivity contribution >= 4 is 33.8 Å². The molecule has 0 bridgehead atoms. The number of imide groups is 1. The molecule has 1 saturated heterocycles. The van der Waals surface area contributed by atoms with Crippen LogP contribution in [-0.4, -0.2) is 55.7 Å². The summed E-state index contributed by atoms with van der Waals surface area (Å²) in [4.78, 5) is 37.1. The number of amides is 3. The molecule has 1 atom stereocenters. The largest absolute Gasteiger partial charge is 0.492 e. The second kappa shape index (κ2) is 8.19. The molecule has 8 nitrogen and oxygen atoms in total. The number of halogens is 1. The number of benzene rings is 1. The third-order valence-corrected chi connectivity index (χ3v) is 4.09. The van der Waals surface area contributed by atoms with Gasteiger partial charge in [-0.1, -0.05) is 0 Å². The zero-order valence-electron chi connectivity index (χ0n) is 14.1. The molecule has 1 N–H and O–H groups in total. The highest BCUT2D eigenvalue weighted by Gasteiger charge is 2.32. The lowest BCUT2D eigenvalue weighted by Crippen LogP contribution is -2.41. The number of esters is 1. The molecule has 0 saturated carbocycles. The number of hydrogen-bond donors (Lipinski definition) is 1. The number of hydrogen-bond acceptors (Lipinski definition) is 6. The molecule has 1 aliphatic heterocycles. The standard InChI is InChI=1S/C16H19BrN2O6/c1-4-24-12-8-10(7-11(17)13(12)23-3)15(21)25-9(2)14(20)19-6-5-18-16(19)22/h7-9H,4-6H2,1-3H3,(H,18,22)/t9-/m0/s1. The lowest BCUT2D eigenvalue weighted by molar-refractivity contribution is -0.136. The van der Waals surface area contributed by atoms with Crippen molar-refractivity contribution in [3.8, 4) is 11.5 Å². The van der Waals surface area contributed by atoms with Crippen molar-refractivity contribution in [3.63, 3.8) is 0 Å². The molecular weight excluding hydrogens is 396 g/mol. The van der Waals surface area contributed by atoms with Crippen LogP contribution in [0.3, 0.4) is 0 Å². The van der Waals surface area contributed by atoms with Crippen LogP contribution in [0.25, 0.3) is 0 Å². The van der Waals surface area contributed by atoms with Crippen LogP contribution in [0, 0.1) is 0 Å². The smallest absolute Gasteiger partial charge is 0.339 e. The Labute approximate surface area is 153 Å². The number of urea groups is 1. The van der Waals surface area contributed by atoms with E-state index in [0.29, 0.717) is 29.1 Å². The lowest BCUT2D eigenvalue weighted by atomic mass is 10.2. The summed E-state index contributed by atoms with van der Waals surface area (Å²) >= 11 is 3.31. The number of ether oxygens (including phenoxy) is 3. The normalized spacial score (nSPS) is 14.7.